The number of para-hydroxylation sites is 2. The lowest BCUT2D eigenvalue weighted by molar-refractivity contribution is 0.351. The van der Waals surface area contributed by atoms with Crippen molar-refractivity contribution in [2.24, 2.45) is 9.29 Å². The normalized spacial score (nSPS) is 13.5. The molecule has 0 unspecified atom stereocenters. The highest BCUT2D eigenvalue weighted by atomic mass is 28.4. The second-order valence-electron chi connectivity index (χ2n) is 12.1. The van der Waals surface area contributed by atoms with Crippen LogP contribution in [0.25, 0.3) is 0 Å². The van der Waals surface area contributed by atoms with Crippen LogP contribution in [-0.4, -0.2) is 38.6 Å². The fourth-order valence-electron chi connectivity index (χ4n) is 3.90. The highest BCUT2D eigenvalue weighted by Crippen LogP contribution is 2.31. The van der Waals surface area contributed by atoms with Crippen molar-refractivity contribution in [1.82, 2.24) is 4.57 Å². The Kier molecular flexibility index (Phi) is 8.52. The summed E-state index contributed by atoms with van der Waals surface area (Å²) < 4.78 is 10.7. The zero-order chi connectivity index (χ0) is 26.6. The van der Waals surface area contributed by atoms with Gasteiger partial charge in [-0.2, -0.15) is 0 Å². The van der Waals surface area contributed by atoms with Gasteiger partial charge in [0.15, 0.2) is 8.24 Å². The number of hydrogen-bond acceptors (Lipinski definition) is 2. The molecule has 0 N–H and O–H groups in total. The third-order valence-electron chi connectivity index (χ3n) is 5.22. The van der Waals surface area contributed by atoms with Crippen molar-refractivity contribution in [2.45, 2.75) is 72.3 Å². The van der Waals surface area contributed by atoms with Crippen LogP contribution in [0.3, 0.4) is 0 Å². The molecule has 0 saturated carbocycles. The molecule has 0 aliphatic carbocycles. The molecule has 0 aliphatic heterocycles. The lowest BCUT2D eigenvalue weighted by Gasteiger charge is -2.44. The summed E-state index contributed by atoms with van der Waals surface area (Å²) in [5.41, 5.74) is 2.95. The van der Waals surface area contributed by atoms with E-state index >= 15 is 0 Å². The second kappa shape index (κ2) is 11.1. The maximum atomic E-state index is 5.72. The van der Waals surface area contributed by atoms with Crippen LogP contribution in [0.4, 0.5) is 11.4 Å². The molecule has 0 spiro atoms. The molecule has 0 aromatic heterocycles. The molecule has 0 bridgehead atoms. The molecule has 190 valence electrons. The van der Waals surface area contributed by atoms with Crippen LogP contribution in [0, 0.1) is 0 Å². The van der Waals surface area contributed by atoms with Crippen LogP contribution >= 0.6 is 0 Å². The Morgan fingerprint density at radius 3 is 1.44 bits per heavy atom. The summed E-state index contributed by atoms with van der Waals surface area (Å²) in [7, 11) is -3.60. The van der Waals surface area contributed by atoms with E-state index in [2.05, 4.69) is 161 Å². The number of anilines is 2. The number of aliphatic imine (C=N–C) groups is 1. The van der Waals surface area contributed by atoms with Crippen molar-refractivity contribution in [1.29, 1.82) is 0 Å². The van der Waals surface area contributed by atoms with Gasteiger partial charge in [0.2, 0.25) is 0 Å². The summed E-state index contributed by atoms with van der Waals surface area (Å²) >= 11 is 0. The van der Waals surface area contributed by atoms with Crippen LogP contribution in [0.15, 0.2) is 100 Å². The Balaban J connectivity index is 2.42. The van der Waals surface area contributed by atoms with Crippen LogP contribution < -0.4 is 4.57 Å². The Morgan fingerprint density at radius 1 is 0.667 bits per heavy atom. The van der Waals surface area contributed by atoms with Crippen LogP contribution in [0.1, 0.15) is 47.1 Å². The van der Waals surface area contributed by atoms with Crippen molar-refractivity contribution in [3.63, 3.8) is 0 Å². The smallest absolute Gasteiger partial charge is 0.331 e. The first-order valence-electron chi connectivity index (χ1n) is 12.7. The van der Waals surface area contributed by atoms with Gasteiger partial charge in [-0.15, -0.1) is 0 Å². The molecule has 3 aromatic rings. The Bertz CT molecular complexity index is 1130. The molecule has 0 atom stereocenters. The van der Waals surface area contributed by atoms with E-state index in [1.54, 1.807) is 0 Å². The Labute approximate surface area is 221 Å². The minimum atomic E-state index is -1.86. The third-order valence-corrected chi connectivity index (χ3v) is 10.9. The van der Waals surface area contributed by atoms with E-state index in [9.17, 15) is 0 Å². The fourth-order valence-corrected chi connectivity index (χ4v) is 9.02. The topological polar surface area (TPSA) is 31.2 Å². The molecular weight excluding hydrogens is 473 g/mol. The number of amidine groups is 1. The number of benzene rings is 3. The summed E-state index contributed by atoms with van der Waals surface area (Å²) in [6, 6.07) is 32.0. The van der Waals surface area contributed by atoms with E-state index in [-0.39, 0.29) is 11.1 Å². The van der Waals surface area contributed by atoms with Gasteiger partial charge >= 0.3 is 8.91 Å². The summed E-state index contributed by atoms with van der Waals surface area (Å²) in [6.45, 7) is 20.4. The van der Waals surface area contributed by atoms with Gasteiger partial charge in [-0.05, 0) is 65.8 Å². The first kappa shape index (κ1) is 27.7. The zero-order valence-corrected chi connectivity index (χ0v) is 25.4. The van der Waals surface area contributed by atoms with Gasteiger partial charge < -0.3 is 13.4 Å². The molecule has 3 rings (SSSR count). The standard InChI is InChI=1S/C30H42N4Si2/c1-29(2,3)31-28(25-19-13-10-14-20-25)34(30(4,5)6)35(32-36(7,8)9)33(26-21-15-11-16-22-26)27-23-17-12-18-24-27/h10-24H,1-9H3/b31-28?,35-32+. The quantitative estimate of drug-likeness (QED) is 0.188. The van der Waals surface area contributed by atoms with Crippen LogP contribution in [-0.2, 0) is 0 Å². The van der Waals surface area contributed by atoms with E-state index in [0.717, 1.165) is 22.8 Å². The Morgan fingerprint density at radius 2 is 1.08 bits per heavy atom. The van der Waals surface area contributed by atoms with Gasteiger partial charge in [0.05, 0.1) is 5.54 Å². The van der Waals surface area contributed by atoms with Gasteiger partial charge in [0.1, 0.15) is 5.84 Å². The third kappa shape index (κ3) is 7.58. The second-order valence-corrected chi connectivity index (χ2v) is 18.8. The molecule has 0 fully saturated rings. The van der Waals surface area contributed by atoms with Gasteiger partial charge in [-0.1, -0.05) is 86.4 Å². The molecule has 4 nitrogen and oxygen atoms in total. The highest BCUT2D eigenvalue weighted by molar-refractivity contribution is 6.80. The van der Waals surface area contributed by atoms with Gasteiger partial charge in [-0.3, -0.25) is 4.99 Å². The number of hydrogen-bond donors (Lipinski definition) is 0. The van der Waals surface area contributed by atoms with E-state index in [0.29, 0.717) is 0 Å². The first-order valence-corrected chi connectivity index (χ1v) is 17.5. The lowest BCUT2D eigenvalue weighted by atomic mass is 10.1. The van der Waals surface area contributed by atoms with Crippen molar-refractivity contribution < 1.29 is 0 Å². The van der Waals surface area contributed by atoms with Crippen molar-refractivity contribution in [3.8, 4) is 0 Å². The van der Waals surface area contributed by atoms with Gasteiger partial charge in [-0.25, -0.2) is 0 Å². The summed E-state index contributed by atoms with van der Waals surface area (Å²) in [4.78, 5) is 5.36. The van der Waals surface area contributed by atoms with E-state index in [1.165, 1.54) is 0 Å². The highest BCUT2D eigenvalue weighted by Gasteiger charge is 2.37. The van der Waals surface area contributed by atoms with Crippen LogP contribution in [0.2, 0.25) is 19.6 Å². The molecule has 0 heterocycles. The Hall–Kier alpha value is -2.84. The maximum Gasteiger partial charge on any atom is 0.375 e. The van der Waals surface area contributed by atoms with Crippen molar-refractivity contribution >= 4 is 34.4 Å². The summed E-state index contributed by atoms with van der Waals surface area (Å²) in [6.07, 6.45) is 0. The molecular formula is C30H42N4Si2. The van der Waals surface area contributed by atoms with Crippen molar-refractivity contribution in [3.05, 3.63) is 96.6 Å². The fraction of sp³-hybridized carbons (Fsp3) is 0.367. The lowest BCUT2D eigenvalue weighted by Crippen LogP contribution is -2.58. The molecule has 6 heteroatoms. The molecule has 0 aliphatic rings. The van der Waals surface area contributed by atoms with Crippen LogP contribution in [0.5, 0.6) is 0 Å². The maximum absolute atomic E-state index is 5.72. The minimum absolute atomic E-state index is 0.223. The minimum Gasteiger partial charge on any atom is -0.331 e. The largest absolute Gasteiger partial charge is 0.375 e. The molecule has 0 saturated heterocycles. The SMILES string of the molecule is CC(C)(C)N=C(c1ccccc1)N(/[Si](=N/[Si](C)(C)C)N(c1ccccc1)c1ccccc1)C(C)(C)C. The van der Waals surface area contributed by atoms with E-state index < -0.39 is 17.1 Å². The monoisotopic (exact) mass is 514 g/mol. The number of nitrogens with zero attached hydrogens (tertiary/aromatic N) is 4. The number of rotatable bonds is 6. The summed E-state index contributed by atoms with van der Waals surface area (Å²) in [5.74, 6) is 1.00. The molecule has 0 amide bonds. The summed E-state index contributed by atoms with van der Waals surface area (Å²) in [5, 5.41) is 0. The molecule has 3 aromatic carbocycles. The van der Waals surface area contributed by atoms with Crippen molar-refractivity contribution in [2.75, 3.05) is 4.57 Å². The molecule has 0 radical (unpaired) electrons. The average Bonchev–Trinajstić information content (AvgIpc) is 2.78. The van der Waals surface area contributed by atoms with E-state index in [1.807, 2.05) is 0 Å². The van der Waals surface area contributed by atoms with Gasteiger partial charge in [0.25, 0.3) is 0 Å². The predicted octanol–water partition coefficient (Wildman–Crippen LogP) is 8.26. The van der Waals surface area contributed by atoms with E-state index in [4.69, 9.17) is 9.29 Å². The van der Waals surface area contributed by atoms with Gasteiger partial charge in [0, 0.05) is 22.5 Å². The molecule has 36 heavy (non-hydrogen) atoms. The zero-order valence-electron chi connectivity index (χ0n) is 23.4. The average molecular weight is 515 g/mol. The predicted molar refractivity (Wildman–Crippen MR) is 161 cm³/mol. The first-order chi connectivity index (χ1) is 16.8.